The lowest BCUT2D eigenvalue weighted by molar-refractivity contribution is -0.166. The zero-order valence-corrected chi connectivity index (χ0v) is 16.4. The van der Waals surface area contributed by atoms with Crippen LogP contribution < -0.4 is 11.5 Å². The van der Waals surface area contributed by atoms with E-state index in [4.69, 9.17) is 11.5 Å². The van der Waals surface area contributed by atoms with Crippen LogP contribution in [0.25, 0.3) is 0 Å². The minimum atomic E-state index is -2.68. The van der Waals surface area contributed by atoms with Crippen LogP contribution in [0.1, 0.15) is 32.6 Å². The smallest absolute Gasteiger partial charge is 0.255 e. The Kier molecular flexibility index (Phi) is 4.45. The number of aliphatic hydroxyl groups excluding tert-OH is 3. The first-order valence-electron chi connectivity index (χ1n) is 10.0. The van der Waals surface area contributed by atoms with Crippen LogP contribution in [0.2, 0.25) is 0 Å². The number of aliphatic hydroxyl groups is 5. The topological polar surface area (TPSA) is 204 Å². The molecular formula is C20H26N2O8. The van der Waals surface area contributed by atoms with Crippen LogP contribution in [-0.4, -0.2) is 66.4 Å². The monoisotopic (exact) mass is 422 g/mol. The minimum Gasteiger partial charge on any atom is -0.508 e. The molecule has 2 saturated carbocycles. The van der Waals surface area contributed by atoms with E-state index in [9.17, 15) is 39.9 Å². The molecule has 0 bridgehead atoms. The van der Waals surface area contributed by atoms with Crippen LogP contribution in [0.5, 0.6) is 0 Å². The third-order valence-corrected chi connectivity index (χ3v) is 7.71. The summed E-state index contributed by atoms with van der Waals surface area (Å²) >= 11 is 0. The second-order valence-electron chi connectivity index (χ2n) is 9.12. The second kappa shape index (κ2) is 6.36. The summed E-state index contributed by atoms with van der Waals surface area (Å²) in [7, 11) is 0. The molecule has 4 aliphatic carbocycles. The summed E-state index contributed by atoms with van der Waals surface area (Å²) < 4.78 is 0. The predicted octanol–water partition coefficient (Wildman–Crippen LogP) is -1.52. The SMILES string of the molecule is C[C@]1(O)C2C[C@H]3[C@H](N)C(=O)C(C(N)=O)=C(O)[C@@]3(O)C(O)=C2C(=O)C2C(O)CCCC21. The molecule has 8 atom stereocenters. The number of ketones is 2. The zero-order chi connectivity index (χ0) is 22.3. The number of rotatable bonds is 1. The van der Waals surface area contributed by atoms with Gasteiger partial charge in [0.05, 0.1) is 23.7 Å². The summed E-state index contributed by atoms with van der Waals surface area (Å²) in [6.45, 7) is 1.50. The van der Waals surface area contributed by atoms with Gasteiger partial charge in [0, 0.05) is 23.3 Å². The molecule has 10 nitrogen and oxygen atoms in total. The van der Waals surface area contributed by atoms with Crippen molar-refractivity contribution in [3.8, 4) is 0 Å². The average Bonchev–Trinajstić information content (AvgIpc) is 2.66. The minimum absolute atomic E-state index is 0.197. The van der Waals surface area contributed by atoms with Crippen molar-refractivity contribution in [3.05, 3.63) is 22.7 Å². The van der Waals surface area contributed by atoms with E-state index in [1.165, 1.54) is 6.92 Å². The van der Waals surface area contributed by atoms with Crippen molar-refractivity contribution in [1.82, 2.24) is 0 Å². The molecule has 0 aromatic rings. The van der Waals surface area contributed by atoms with Crippen molar-refractivity contribution in [2.75, 3.05) is 0 Å². The number of carbonyl (C=O) groups excluding carboxylic acids is 3. The van der Waals surface area contributed by atoms with Gasteiger partial charge in [-0.2, -0.15) is 0 Å². The molecule has 10 heteroatoms. The van der Waals surface area contributed by atoms with Crippen molar-refractivity contribution in [2.45, 2.75) is 56.0 Å². The molecule has 0 radical (unpaired) electrons. The molecular weight excluding hydrogens is 396 g/mol. The lowest BCUT2D eigenvalue weighted by Gasteiger charge is -2.56. The van der Waals surface area contributed by atoms with Crippen molar-refractivity contribution in [2.24, 2.45) is 35.1 Å². The first kappa shape index (κ1) is 21.0. The predicted molar refractivity (Wildman–Crippen MR) is 101 cm³/mol. The molecule has 4 aliphatic rings. The third kappa shape index (κ3) is 2.36. The number of hydrogen-bond donors (Lipinski definition) is 7. The summed E-state index contributed by atoms with van der Waals surface area (Å²) in [5.74, 6) is -8.92. The molecule has 0 spiro atoms. The van der Waals surface area contributed by atoms with Gasteiger partial charge >= 0.3 is 0 Å². The summed E-state index contributed by atoms with van der Waals surface area (Å²) in [6.07, 6.45) is 0.223. The zero-order valence-electron chi connectivity index (χ0n) is 16.4. The Morgan fingerprint density at radius 2 is 1.70 bits per heavy atom. The normalized spacial score (nSPS) is 46.3. The van der Waals surface area contributed by atoms with Crippen LogP contribution in [0, 0.1) is 23.7 Å². The van der Waals surface area contributed by atoms with Gasteiger partial charge in [-0.1, -0.05) is 6.42 Å². The number of carbonyl (C=O) groups is 3. The maximum atomic E-state index is 13.3. The molecule has 4 rings (SSSR count). The number of nitrogens with two attached hydrogens (primary N) is 2. The summed E-state index contributed by atoms with van der Waals surface area (Å²) in [5, 5.41) is 54.7. The van der Waals surface area contributed by atoms with E-state index < -0.39 is 81.6 Å². The third-order valence-electron chi connectivity index (χ3n) is 7.71. The fraction of sp³-hybridized carbons (Fsp3) is 0.650. The van der Waals surface area contributed by atoms with E-state index in [1.807, 2.05) is 0 Å². The van der Waals surface area contributed by atoms with Crippen molar-refractivity contribution >= 4 is 17.5 Å². The first-order valence-corrected chi connectivity index (χ1v) is 10.0. The van der Waals surface area contributed by atoms with Gasteiger partial charge < -0.3 is 37.0 Å². The molecule has 0 heterocycles. The van der Waals surface area contributed by atoms with Gasteiger partial charge in [-0.3, -0.25) is 14.4 Å². The Hall–Kier alpha value is -2.27. The van der Waals surface area contributed by atoms with Crippen LogP contribution in [0.3, 0.4) is 0 Å². The highest BCUT2D eigenvalue weighted by atomic mass is 16.4. The molecule has 30 heavy (non-hydrogen) atoms. The van der Waals surface area contributed by atoms with Crippen molar-refractivity contribution < 1.29 is 39.9 Å². The number of Topliss-reactive ketones (excluding diaryl/α,β-unsaturated/α-hetero) is 2. The van der Waals surface area contributed by atoms with Gasteiger partial charge in [0.1, 0.15) is 17.1 Å². The number of primary amides is 1. The van der Waals surface area contributed by atoms with E-state index in [1.54, 1.807) is 0 Å². The standard InChI is InChI=1S/C20H26N2O8/c1-19(29)6-3-2-4-9(23)10(6)14(24)11-7(19)5-8-13(21)15(25)12(18(22)28)17(27)20(8,30)16(11)26/h6-10,13,23,26-27,29-30H,2-5,21H2,1H3,(H2,22,28)/t6?,7?,8-,9?,10?,13-,19+,20-/m0/s1. The molecule has 0 saturated heterocycles. The summed E-state index contributed by atoms with van der Waals surface area (Å²) in [6, 6.07) is -1.50. The van der Waals surface area contributed by atoms with E-state index in [2.05, 4.69) is 0 Å². The Bertz CT molecular complexity index is 922. The lowest BCUT2D eigenvalue weighted by Crippen LogP contribution is -2.66. The lowest BCUT2D eigenvalue weighted by atomic mass is 9.50. The Labute approximate surface area is 171 Å². The van der Waals surface area contributed by atoms with E-state index in [0.29, 0.717) is 19.3 Å². The molecule has 4 unspecified atom stereocenters. The summed E-state index contributed by atoms with van der Waals surface area (Å²) in [4.78, 5) is 37.5. The molecule has 1 amide bonds. The van der Waals surface area contributed by atoms with Gasteiger partial charge in [0.25, 0.3) is 5.91 Å². The van der Waals surface area contributed by atoms with Crippen LogP contribution >= 0.6 is 0 Å². The average molecular weight is 422 g/mol. The highest BCUT2D eigenvalue weighted by Crippen LogP contribution is 2.57. The number of amides is 1. The molecule has 0 aromatic carbocycles. The second-order valence-corrected chi connectivity index (χ2v) is 9.12. The summed E-state index contributed by atoms with van der Waals surface area (Å²) in [5.41, 5.74) is 5.65. The van der Waals surface area contributed by atoms with Gasteiger partial charge in [0.15, 0.2) is 17.2 Å². The van der Waals surface area contributed by atoms with Crippen LogP contribution in [0.4, 0.5) is 0 Å². The maximum absolute atomic E-state index is 13.3. The molecule has 9 N–H and O–H groups in total. The largest absolute Gasteiger partial charge is 0.508 e. The molecule has 164 valence electrons. The van der Waals surface area contributed by atoms with Gasteiger partial charge in [0.2, 0.25) is 0 Å². The fourth-order valence-electron chi connectivity index (χ4n) is 6.12. The van der Waals surface area contributed by atoms with Crippen molar-refractivity contribution in [1.29, 1.82) is 0 Å². The first-order chi connectivity index (χ1) is 13.9. The molecule has 0 aromatic heterocycles. The number of fused-ring (bicyclic) bond motifs is 3. The highest BCUT2D eigenvalue weighted by molar-refractivity contribution is 6.22. The Morgan fingerprint density at radius 3 is 2.30 bits per heavy atom. The van der Waals surface area contributed by atoms with Crippen LogP contribution in [-0.2, 0) is 14.4 Å². The van der Waals surface area contributed by atoms with E-state index >= 15 is 0 Å². The Balaban J connectivity index is 1.97. The highest BCUT2D eigenvalue weighted by Gasteiger charge is 2.66. The van der Waals surface area contributed by atoms with E-state index in [-0.39, 0.29) is 12.0 Å². The fourth-order valence-corrected chi connectivity index (χ4v) is 6.12. The molecule has 0 aliphatic heterocycles. The van der Waals surface area contributed by atoms with Crippen molar-refractivity contribution in [3.63, 3.8) is 0 Å². The van der Waals surface area contributed by atoms with Gasteiger partial charge in [-0.25, -0.2) is 0 Å². The maximum Gasteiger partial charge on any atom is 0.255 e. The van der Waals surface area contributed by atoms with Crippen LogP contribution in [0.15, 0.2) is 22.7 Å². The van der Waals surface area contributed by atoms with E-state index in [0.717, 1.165) is 0 Å². The van der Waals surface area contributed by atoms with Gasteiger partial charge in [-0.15, -0.1) is 0 Å². The Morgan fingerprint density at radius 1 is 1.07 bits per heavy atom. The number of hydrogen-bond acceptors (Lipinski definition) is 9. The quantitative estimate of drug-likeness (QED) is 0.245. The molecule has 2 fully saturated rings. The van der Waals surface area contributed by atoms with Gasteiger partial charge in [-0.05, 0) is 26.2 Å².